The molecule has 1 fully saturated rings. The van der Waals surface area contributed by atoms with Crippen LogP contribution in [0.3, 0.4) is 0 Å². The summed E-state index contributed by atoms with van der Waals surface area (Å²) in [6.45, 7) is 3.27. The monoisotopic (exact) mass is 275 g/mol. The molecule has 0 bridgehead atoms. The lowest BCUT2D eigenvalue weighted by Crippen LogP contribution is -2.28. The lowest BCUT2D eigenvalue weighted by molar-refractivity contribution is 0.0697. The average molecular weight is 275 g/mol. The van der Waals surface area contributed by atoms with Crippen molar-refractivity contribution in [1.82, 2.24) is 4.90 Å². The van der Waals surface area contributed by atoms with Crippen LogP contribution in [-0.2, 0) is 6.54 Å². The number of carbonyl (C=O) groups is 1. The lowest BCUT2D eigenvalue weighted by Gasteiger charge is -2.26. The summed E-state index contributed by atoms with van der Waals surface area (Å²) < 4.78 is 1.18. The fourth-order valence-corrected chi connectivity index (χ4v) is 3.63. The van der Waals surface area contributed by atoms with Gasteiger partial charge in [-0.15, -0.1) is 11.3 Å². The van der Waals surface area contributed by atoms with E-state index in [1.807, 2.05) is 12.1 Å². The molecule has 0 radical (unpaired) electrons. The van der Waals surface area contributed by atoms with Crippen LogP contribution in [-0.4, -0.2) is 29.1 Å². The molecule has 2 heterocycles. The largest absolute Gasteiger partial charge is 0.478 e. The van der Waals surface area contributed by atoms with Gasteiger partial charge in [-0.25, -0.2) is 4.79 Å². The zero-order valence-corrected chi connectivity index (χ0v) is 11.6. The molecule has 1 aromatic carbocycles. The second-order valence-corrected chi connectivity index (χ2v) is 6.03. The Hall–Kier alpha value is -1.39. The van der Waals surface area contributed by atoms with Crippen molar-refractivity contribution in [3.05, 3.63) is 34.7 Å². The molecule has 1 aliphatic rings. The molecule has 1 saturated heterocycles. The van der Waals surface area contributed by atoms with Crippen LogP contribution < -0.4 is 0 Å². The summed E-state index contributed by atoms with van der Waals surface area (Å²) in [6.07, 6.45) is 3.90. The Labute approximate surface area is 116 Å². The zero-order chi connectivity index (χ0) is 13.2. The predicted octanol–water partition coefficient (Wildman–Crippen LogP) is 3.59. The van der Waals surface area contributed by atoms with E-state index >= 15 is 0 Å². The molecule has 19 heavy (non-hydrogen) atoms. The number of benzene rings is 1. The van der Waals surface area contributed by atoms with E-state index in [0.29, 0.717) is 5.56 Å². The van der Waals surface area contributed by atoms with E-state index in [0.717, 1.165) is 25.0 Å². The van der Waals surface area contributed by atoms with Gasteiger partial charge >= 0.3 is 5.97 Å². The lowest BCUT2D eigenvalue weighted by atomic mass is 10.1. The molecule has 3 nitrogen and oxygen atoms in total. The summed E-state index contributed by atoms with van der Waals surface area (Å²) >= 11 is 1.70. The van der Waals surface area contributed by atoms with Gasteiger partial charge in [-0.3, -0.25) is 4.90 Å². The van der Waals surface area contributed by atoms with Crippen LogP contribution in [0.25, 0.3) is 10.1 Å². The van der Waals surface area contributed by atoms with E-state index in [9.17, 15) is 4.79 Å². The molecule has 0 aliphatic carbocycles. The first-order chi connectivity index (χ1) is 9.24. The normalized spacial score (nSPS) is 16.8. The molecule has 0 spiro atoms. The van der Waals surface area contributed by atoms with Gasteiger partial charge in [0.05, 0.1) is 5.56 Å². The number of hydrogen-bond acceptors (Lipinski definition) is 3. The maximum absolute atomic E-state index is 11.1. The van der Waals surface area contributed by atoms with Gasteiger partial charge in [0.2, 0.25) is 0 Å². The molecule has 0 amide bonds. The van der Waals surface area contributed by atoms with Gasteiger partial charge in [0, 0.05) is 11.2 Å². The average Bonchev–Trinajstić information content (AvgIpc) is 2.82. The van der Waals surface area contributed by atoms with Crippen LogP contribution in [0, 0.1) is 0 Å². The van der Waals surface area contributed by atoms with Gasteiger partial charge in [0.15, 0.2) is 0 Å². The Bertz CT molecular complexity index is 599. The van der Waals surface area contributed by atoms with Gasteiger partial charge < -0.3 is 5.11 Å². The number of carboxylic acid groups (broad SMARTS) is 1. The summed E-state index contributed by atoms with van der Waals surface area (Å²) in [6, 6.07) is 5.42. The highest BCUT2D eigenvalue weighted by Crippen LogP contribution is 2.28. The summed E-state index contributed by atoms with van der Waals surface area (Å²) in [4.78, 5) is 13.5. The van der Waals surface area contributed by atoms with E-state index in [1.54, 1.807) is 17.4 Å². The molecular formula is C15H17NO2S. The minimum atomic E-state index is -0.850. The summed E-state index contributed by atoms with van der Waals surface area (Å²) in [5.74, 6) is -0.850. The number of piperidine rings is 1. The highest BCUT2D eigenvalue weighted by Gasteiger charge is 2.14. The van der Waals surface area contributed by atoms with Crippen LogP contribution in [0.5, 0.6) is 0 Å². The molecule has 1 aromatic heterocycles. The fraction of sp³-hybridized carbons (Fsp3) is 0.400. The maximum atomic E-state index is 11.1. The molecule has 4 heteroatoms. The standard InChI is InChI=1S/C15H17NO2S/c17-15(18)11-4-5-14-13(8-11)12(10-19-14)9-16-6-2-1-3-7-16/h4-5,8,10H,1-3,6-7,9H2,(H,17,18). The summed E-state index contributed by atoms with van der Waals surface area (Å²) in [5.41, 5.74) is 1.65. The molecule has 0 unspecified atom stereocenters. The second-order valence-electron chi connectivity index (χ2n) is 5.11. The van der Waals surface area contributed by atoms with E-state index in [4.69, 9.17) is 5.11 Å². The molecule has 0 saturated carbocycles. The number of rotatable bonds is 3. The van der Waals surface area contributed by atoms with Crippen LogP contribution in [0.4, 0.5) is 0 Å². The van der Waals surface area contributed by atoms with Crippen molar-refractivity contribution in [2.75, 3.05) is 13.1 Å². The first kappa shape index (κ1) is 12.6. The first-order valence-corrected chi connectivity index (χ1v) is 7.58. The molecule has 2 aromatic rings. The number of thiophene rings is 1. The number of nitrogens with zero attached hydrogens (tertiary/aromatic N) is 1. The van der Waals surface area contributed by atoms with Crippen LogP contribution in [0.1, 0.15) is 35.2 Å². The number of likely N-dealkylation sites (tertiary alicyclic amines) is 1. The Kier molecular flexibility index (Phi) is 3.53. The second kappa shape index (κ2) is 5.31. The van der Waals surface area contributed by atoms with Crippen molar-refractivity contribution < 1.29 is 9.90 Å². The van der Waals surface area contributed by atoms with Gasteiger partial charge in [-0.2, -0.15) is 0 Å². The summed E-state index contributed by atoms with van der Waals surface area (Å²) in [7, 11) is 0. The van der Waals surface area contributed by atoms with Crippen LogP contribution in [0.15, 0.2) is 23.6 Å². The fourth-order valence-electron chi connectivity index (χ4n) is 2.70. The number of aromatic carboxylic acids is 1. The highest BCUT2D eigenvalue weighted by atomic mass is 32.1. The quantitative estimate of drug-likeness (QED) is 0.930. The third-order valence-electron chi connectivity index (χ3n) is 3.74. The molecular weight excluding hydrogens is 258 g/mol. The number of carboxylic acids is 1. The van der Waals surface area contributed by atoms with Crippen LogP contribution >= 0.6 is 11.3 Å². The smallest absolute Gasteiger partial charge is 0.335 e. The summed E-state index contributed by atoms with van der Waals surface area (Å²) in [5, 5.41) is 12.4. The Balaban J connectivity index is 1.89. The van der Waals surface area contributed by atoms with Crippen molar-refractivity contribution in [3.63, 3.8) is 0 Å². The Morgan fingerprint density at radius 2 is 2.05 bits per heavy atom. The minimum absolute atomic E-state index is 0.380. The van der Waals surface area contributed by atoms with Gasteiger partial charge in [0.25, 0.3) is 0 Å². The van der Waals surface area contributed by atoms with E-state index in [2.05, 4.69) is 10.3 Å². The van der Waals surface area contributed by atoms with Crippen molar-refractivity contribution >= 4 is 27.4 Å². The Morgan fingerprint density at radius 1 is 1.26 bits per heavy atom. The van der Waals surface area contributed by atoms with Crippen molar-refractivity contribution in [3.8, 4) is 0 Å². The third kappa shape index (κ3) is 2.65. The first-order valence-electron chi connectivity index (χ1n) is 6.70. The molecule has 100 valence electrons. The van der Waals surface area contributed by atoms with E-state index < -0.39 is 5.97 Å². The number of fused-ring (bicyclic) bond motifs is 1. The van der Waals surface area contributed by atoms with Crippen molar-refractivity contribution in [1.29, 1.82) is 0 Å². The molecule has 1 aliphatic heterocycles. The third-order valence-corrected chi connectivity index (χ3v) is 4.76. The van der Waals surface area contributed by atoms with Crippen molar-refractivity contribution in [2.24, 2.45) is 0 Å². The predicted molar refractivity (Wildman–Crippen MR) is 77.9 cm³/mol. The topological polar surface area (TPSA) is 40.5 Å². The number of hydrogen-bond donors (Lipinski definition) is 1. The van der Waals surface area contributed by atoms with Crippen molar-refractivity contribution in [2.45, 2.75) is 25.8 Å². The van der Waals surface area contributed by atoms with E-state index in [1.165, 1.54) is 29.5 Å². The Morgan fingerprint density at radius 3 is 2.79 bits per heavy atom. The maximum Gasteiger partial charge on any atom is 0.335 e. The zero-order valence-electron chi connectivity index (χ0n) is 10.8. The molecule has 0 atom stereocenters. The van der Waals surface area contributed by atoms with Gasteiger partial charge in [-0.05, 0) is 60.5 Å². The highest BCUT2D eigenvalue weighted by molar-refractivity contribution is 7.17. The van der Waals surface area contributed by atoms with Gasteiger partial charge in [-0.1, -0.05) is 6.42 Å². The SMILES string of the molecule is O=C(O)c1ccc2scc(CN3CCCCC3)c2c1. The minimum Gasteiger partial charge on any atom is -0.478 e. The molecule has 1 N–H and O–H groups in total. The molecule has 3 rings (SSSR count). The van der Waals surface area contributed by atoms with Gasteiger partial charge in [0.1, 0.15) is 0 Å². The van der Waals surface area contributed by atoms with E-state index in [-0.39, 0.29) is 0 Å². The van der Waals surface area contributed by atoms with Crippen LogP contribution in [0.2, 0.25) is 0 Å².